The van der Waals surface area contributed by atoms with Crippen molar-refractivity contribution < 1.29 is 38.4 Å². The fraction of sp³-hybridized carbons (Fsp3) is 0.932. The van der Waals surface area contributed by atoms with Crippen LogP contribution in [0.1, 0.15) is 151 Å². The van der Waals surface area contributed by atoms with Crippen molar-refractivity contribution in [3.05, 3.63) is 0 Å². The maximum Gasteiger partial charge on any atom is 0.312 e. The molecule has 0 aromatic rings. The molecule has 0 aromatic carbocycles. The zero-order valence-electron chi connectivity index (χ0n) is 33.2. The topological polar surface area (TPSA) is 108 Å². The highest BCUT2D eigenvalue weighted by molar-refractivity contribution is 5.77. The van der Waals surface area contributed by atoms with E-state index in [9.17, 15) is 19.5 Å². The summed E-state index contributed by atoms with van der Waals surface area (Å²) in [6, 6.07) is 0. The lowest BCUT2D eigenvalue weighted by molar-refractivity contribution is -0.186. The molecule has 8 saturated carbocycles. The molecule has 8 aliphatic rings. The van der Waals surface area contributed by atoms with Gasteiger partial charge >= 0.3 is 17.9 Å². The van der Waals surface area contributed by atoms with Crippen molar-refractivity contribution in [3.8, 4) is 0 Å². The third-order valence-corrected chi connectivity index (χ3v) is 17.0. The van der Waals surface area contributed by atoms with Gasteiger partial charge in [-0.2, -0.15) is 0 Å². The number of hydrogen-bond donors (Lipinski definition) is 1. The molecule has 1 N–H and O–H groups in total. The zero-order chi connectivity index (χ0) is 37.0. The molecule has 294 valence electrons. The van der Waals surface area contributed by atoms with Crippen LogP contribution < -0.4 is 0 Å². The van der Waals surface area contributed by atoms with Gasteiger partial charge in [0.15, 0.2) is 6.29 Å². The maximum atomic E-state index is 13.1. The number of carbonyl (C=O) groups is 3. The maximum absolute atomic E-state index is 13.1. The third-order valence-electron chi connectivity index (χ3n) is 17.0. The van der Waals surface area contributed by atoms with Crippen LogP contribution in [0.15, 0.2) is 0 Å². The number of hydrogen-bond acceptors (Lipinski definition) is 8. The molecule has 12 atom stereocenters. The lowest BCUT2D eigenvalue weighted by atomic mass is 9.43. The minimum Gasteiger partial charge on any atom is -0.463 e. The molecule has 10 unspecified atom stereocenters. The molecule has 52 heavy (non-hydrogen) atoms. The van der Waals surface area contributed by atoms with Gasteiger partial charge in [0.25, 0.3) is 0 Å². The molecule has 0 saturated heterocycles. The van der Waals surface area contributed by atoms with Crippen molar-refractivity contribution in [2.24, 2.45) is 75.4 Å². The summed E-state index contributed by atoms with van der Waals surface area (Å²) in [5, 5.41) is 12.0. The highest BCUT2D eigenvalue weighted by Crippen LogP contribution is 2.68. The minimum absolute atomic E-state index is 0.0355. The van der Waals surface area contributed by atoms with Crippen molar-refractivity contribution >= 4 is 17.9 Å². The van der Waals surface area contributed by atoms with Crippen molar-refractivity contribution in [1.82, 2.24) is 0 Å². The minimum atomic E-state index is -0.690. The first-order chi connectivity index (χ1) is 24.8. The van der Waals surface area contributed by atoms with Crippen LogP contribution in [-0.4, -0.2) is 54.7 Å². The Bertz CT molecular complexity index is 1280. The highest BCUT2D eigenvalue weighted by atomic mass is 16.7. The Labute approximate surface area is 313 Å². The second-order valence-electron chi connectivity index (χ2n) is 19.9. The van der Waals surface area contributed by atoms with Gasteiger partial charge in [-0.05, 0) is 174 Å². The molecule has 0 spiro atoms. The summed E-state index contributed by atoms with van der Waals surface area (Å²) in [7, 11) is 0. The molecule has 0 aliphatic heterocycles. The fourth-order valence-corrected chi connectivity index (χ4v) is 14.4. The highest BCUT2D eigenvalue weighted by Gasteiger charge is 2.64. The normalized spacial score (nSPS) is 44.8. The van der Waals surface area contributed by atoms with Gasteiger partial charge in [-0.1, -0.05) is 34.6 Å². The Morgan fingerprint density at radius 3 is 2.19 bits per heavy atom. The van der Waals surface area contributed by atoms with E-state index in [1.54, 1.807) is 6.92 Å². The van der Waals surface area contributed by atoms with Gasteiger partial charge in [0.2, 0.25) is 0 Å². The molecule has 4 bridgehead atoms. The van der Waals surface area contributed by atoms with Crippen LogP contribution in [0.3, 0.4) is 0 Å². The standard InChI is InChI=1S/C44H70O8/c1-7-26(2)40(47)52-33-14-15-42(5)32(21-33)9-10-34-36-12-11-35(43(36,6)38(45)22-37(34)42)27(3)8-13-39(46)51-28(4)49-16-17-50-41(48)44-23-29-18-30(24-44)20-31(19-29)25-44/h26-38,45H,7-25H2,1-6H3/t26?,27?,28?,29?,30?,31?,32?,33?,34?,35?,36?,37?,38?,42-,43+,44?/m0/s1. The predicted molar refractivity (Wildman–Crippen MR) is 197 cm³/mol. The Kier molecular flexibility index (Phi) is 11.2. The zero-order valence-corrected chi connectivity index (χ0v) is 33.2. The quantitative estimate of drug-likeness (QED) is 0.0870. The average molecular weight is 727 g/mol. The van der Waals surface area contributed by atoms with Crippen LogP contribution in [0, 0.1) is 75.4 Å². The van der Waals surface area contributed by atoms with Crippen LogP contribution in [-0.2, 0) is 33.3 Å². The Balaban J connectivity index is 0.849. The predicted octanol–water partition coefficient (Wildman–Crippen LogP) is 8.66. The lowest BCUT2D eigenvalue weighted by Gasteiger charge is -2.62. The molecule has 0 radical (unpaired) electrons. The number of carbonyl (C=O) groups excluding carboxylic acids is 3. The first-order valence-electron chi connectivity index (χ1n) is 21.6. The average Bonchev–Trinajstić information content (AvgIpc) is 3.47. The molecule has 8 aliphatic carbocycles. The van der Waals surface area contributed by atoms with Crippen LogP contribution in [0.5, 0.6) is 0 Å². The molecule has 0 aromatic heterocycles. The summed E-state index contributed by atoms with van der Waals surface area (Å²) in [5.41, 5.74) is -0.216. The van der Waals surface area contributed by atoms with E-state index in [1.165, 1.54) is 32.1 Å². The summed E-state index contributed by atoms with van der Waals surface area (Å²) in [4.78, 5) is 38.6. The monoisotopic (exact) mass is 727 g/mol. The van der Waals surface area contributed by atoms with Crippen LogP contribution in [0.4, 0.5) is 0 Å². The largest absolute Gasteiger partial charge is 0.463 e. The van der Waals surface area contributed by atoms with E-state index in [-0.39, 0.29) is 65.5 Å². The van der Waals surface area contributed by atoms with Crippen molar-refractivity contribution in [1.29, 1.82) is 0 Å². The number of ether oxygens (including phenoxy) is 4. The van der Waals surface area contributed by atoms with E-state index in [2.05, 4.69) is 20.8 Å². The van der Waals surface area contributed by atoms with E-state index in [0.717, 1.165) is 70.6 Å². The van der Waals surface area contributed by atoms with Gasteiger partial charge < -0.3 is 24.1 Å². The van der Waals surface area contributed by atoms with Gasteiger partial charge in [0.1, 0.15) is 12.7 Å². The summed E-state index contributed by atoms with van der Waals surface area (Å²) in [6.45, 7) is 13.3. The number of aliphatic hydroxyl groups is 1. The molecule has 0 amide bonds. The third kappa shape index (κ3) is 7.12. The van der Waals surface area contributed by atoms with Crippen molar-refractivity contribution in [2.75, 3.05) is 13.2 Å². The molecule has 8 heteroatoms. The number of rotatable bonds is 13. The second-order valence-corrected chi connectivity index (χ2v) is 19.9. The molecule has 8 fully saturated rings. The molecular weight excluding hydrogens is 656 g/mol. The summed E-state index contributed by atoms with van der Waals surface area (Å²) >= 11 is 0. The molecule has 8 rings (SSSR count). The fourth-order valence-electron chi connectivity index (χ4n) is 14.4. The Hall–Kier alpha value is -1.67. The van der Waals surface area contributed by atoms with Gasteiger partial charge in [0, 0.05) is 6.42 Å². The van der Waals surface area contributed by atoms with E-state index >= 15 is 0 Å². The Morgan fingerprint density at radius 2 is 1.52 bits per heavy atom. The SMILES string of the molecule is CCC(C)C(=O)OC1CC[C@@]2(C)C(CCC3C2CC(O)[C@]2(C)C(C(C)CCC(=O)OC(C)OCCOC(=O)C45CC6CC(CC(C6)C4)C5)CCC32)C1. The van der Waals surface area contributed by atoms with Crippen LogP contribution in [0.2, 0.25) is 0 Å². The smallest absolute Gasteiger partial charge is 0.312 e. The van der Waals surface area contributed by atoms with Crippen LogP contribution >= 0.6 is 0 Å². The lowest BCUT2D eigenvalue weighted by Crippen LogP contribution is -2.59. The second kappa shape index (κ2) is 15.1. The molecular formula is C44H70O8. The number of esters is 3. The van der Waals surface area contributed by atoms with Crippen molar-refractivity contribution in [3.63, 3.8) is 0 Å². The Morgan fingerprint density at radius 1 is 0.827 bits per heavy atom. The van der Waals surface area contributed by atoms with Gasteiger partial charge in [0.05, 0.1) is 24.0 Å². The first-order valence-corrected chi connectivity index (χ1v) is 21.6. The summed E-state index contributed by atoms with van der Waals surface area (Å²) in [5.74, 6) is 4.57. The van der Waals surface area contributed by atoms with Gasteiger partial charge in [-0.15, -0.1) is 0 Å². The van der Waals surface area contributed by atoms with E-state index in [0.29, 0.717) is 59.7 Å². The van der Waals surface area contributed by atoms with Gasteiger partial charge in [-0.25, -0.2) is 0 Å². The number of fused-ring (bicyclic) bond motifs is 5. The van der Waals surface area contributed by atoms with E-state index in [4.69, 9.17) is 18.9 Å². The van der Waals surface area contributed by atoms with Crippen molar-refractivity contribution in [2.45, 2.75) is 169 Å². The number of aliphatic hydroxyl groups excluding tert-OH is 1. The summed E-state index contributed by atoms with van der Waals surface area (Å²) < 4.78 is 23.1. The molecule has 0 heterocycles. The van der Waals surface area contributed by atoms with E-state index < -0.39 is 6.29 Å². The summed E-state index contributed by atoms with van der Waals surface area (Å²) in [6.07, 6.45) is 16.2. The first kappa shape index (κ1) is 38.6. The van der Waals surface area contributed by atoms with Crippen LogP contribution in [0.25, 0.3) is 0 Å². The van der Waals surface area contributed by atoms with Gasteiger partial charge in [-0.3, -0.25) is 14.4 Å². The van der Waals surface area contributed by atoms with E-state index in [1.807, 2.05) is 13.8 Å². The molecule has 8 nitrogen and oxygen atoms in total.